The molecule has 0 bridgehead atoms. The largest absolute Gasteiger partial charge is 0.478 e. The molecule has 0 fully saturated rings. The summed E-state index contributed by atoms with van der Waals surface area (Å²) in [5.41, 5.74) is 2.94. The van der Waals surface area contributed by atoms with Gasteiger partial charge >= 0.3 is 5.97 Å². The van der Waals surface area contributed by atoms with Crippen LogP contribution in [0.25, 0.3) is 0 Å². The summed E-state index contributed by atoms with van der Waals surface area (Å²) in [7, 11) is 0. The van der Waals surface area contributed by atoms with Crippen LogP contribution in [0.4, 0.5) is 5.69 Å². The van der Waals surface area contributed by atoms with Gasteiger partial charge in [0.2, 0.25) is 0 Å². The summed E-state index contributed by atoms with van der Waals surface area (Å²) in [4.78, 5) is 11.1. The number of aryl methyl sites for hydroxylation is 2. The Kier molecular flexibility index (Phi) is 3.85. The standard InChI is InChI=1S/C14H17N3O2/c1-3-17-9-11(10(2)16-17)8-15-13-7-5-4-6-12(13)14(18)19/h4-7,9,15H,3,8H2,1-2H3,(H,18,19). The molecule has 0 aliphatic heterocycles. The number of hydrogen-bond acceptors (Lipinski definition) is 3. The first-order chi connectivity index (χ1) is 9.11. The minimum absolute atomic E-state index is 0.281. The fraction of sp³-hybridized carbons (Fsp3) is 0.286. The van der Waals surface area contributed by atoms with Gasteiger partial charge in [0, 0.05) is 30.5 Å². The Hall–Kier alpha value is -2.30. The summed E-state index contributed by atoms with van der Waals surface area (Å²) < 4.78 is 1.87. The number of hydrogen-bond donors (Lipinski definition) is 2. The molecular formula is C14H17N3O2. The monoisotopic (exact) mass is 259 g/mol. The molecule has 0 aliphatic rings. The van der Waals surface area contributed by atoms with E-state index in [4.69, 9.17) is 5.11 Å². The molecule has 0 saturated carbocycles. The fourth-order valence-electron chi connectivity index (χ4n) is 1.91. The molecule has 0 spiro atoms. The summed E-state index contributed by atoms with van der Waals surface area (Å²) >= 11 is 0. The van der Waals surface area contributed by atoms with Crippen molar-refractivity contribution in [1.82, 2.24) is 9.78 Å². The van der Waals surface area contributed by atoms with Gasteiger partial charge in [-0.15, -0.1) is 0 Å². The van der Waals surface area contributed by atoms with Gasteiger partial charge < -0.3 is 10.4 Å². The number of carboxylic acids is 1. The molecule has 0 unspecified atom stereocenters. The topological polar surface area (TPSA) is 67.2 Å². The van der Waals surface area contributed by atoms with Crippen LogP contribution in [0.2, 0.25) is 0 Å². The van der Waals surface area contributed by atoms with Crippen LogP contribution in [0.15, 0.2) is 30.5 Å². The molecule has 100 valence electrons. The van der Waals surface area contributed by atoms with Crippen molar-refractivity contribution in [3.8, 4) is 0 Å². The number of para-hydroxylation sites is 1. The van der Waals surface area contributed by atoms with E-state index in [1.165, 1.54) is 0 Å². The molecule has 0 saturated heterocycles. The second-order valence-electron chi connectivity index (χ2n) is 4.30. The van der Waals surface area contributed by atoms with E-state index in [1.54, 1.807) is 18.2 Å². The van der Waals surface area contributed by atoms with Crippen molar-refractivity contribution in [2.75, 3.05) is 5.32 Å². The highest BCUT2D eigenvalue weighted by atomic mass is 16.4. The van der Waals surface area contributed by atoms with E-state index in [9.17, 15) is 4.79 Å². The SMILES string of the molecule is CCn1cc(CNc2ccccc2C(=O)O)c(C)n1. The summed E-state index contributed by atoms with van der Waals surface area (Å²) in [5, 5.41) is 16.6. The zero-order valence-corrected chi connectivity index (χ0v) is 11.1. The number of aromatic nitrogens is 2. The van der Waals surface area contributed by atoms with Gasteiger partial charge in [-0.1, -0.05) is 12.1 Å². The molecule has 1 aromatic heterocycles. The van der Waals surface area contributed by atoms with Crippen LogP contribution in [0.5, 0.6) is 0 Å². The van der Waals surface area contributed by atoms with Crippen LogP contribution >= 0.6 is 0 Å². The predicted molar refractivity (Wildman–Crippen MR) is 73.4 cm³/mol. The zero-order valence-electron chi connectivity index (χ0n) is 11.1. The Morgan fingerprint density at radius 2 is 2.16 bits per heavy atom. The smallest absolute Gasteiger partial charge is 0.337 e. The van der Waals surface area contributed by atoms with Crippen LogP contribution in [-0.4, -0.2) is 20.9 Å². The maximum absolute atomic E-state index is 11.1. The van der Waals surface area contributed by atoms with Crippen LogP contribution in [0.1, 0.15) is 28.5 Å². The van der Waals surface area contributed by atoms with E-state index in [-0.39, 0.29) is 5.56 Å². The molecule has 2 rings (SSSR count). The second-order valence-corrected chi connectivity index (χ2v) is 4.30. The van der Waals surface area contributed by atoms with E-state index in [1.807, 2.05) is 30.8 Å². The lowest BCUT2D eigenvalue weighted by atomic mass is 10.1. The Balaban J connectivity index is 2.14. The predicted octanol–water partition coefficient (Wildman–Crippen LogP) is 2.52. The normalized spacial score (nSPS) is 10.4. The van der Waals surface area contributed by atoms with Crippen molar-refractivity contribution in [1.29, 1.82) is 0 Å². The first kappa shape index (κ1) is 13.1. The molecule has 2 aromatic rings. The van der Waals surface area contributed by atoms with Gasteiger partial charge in [-0.05, 0) is 26.0 Å². The highest BCUT2D eigenvalue weighted by Crippen LogP contribution is 2.16. The summed E-state index contributed by atoms with van der Waals surface area (Å²) in [6.07, 6.45) is 1.98. The van der Waals surface area contributed by atoms with Crippen molar-refractivity contribution in [3.05, 3.63) is 47.3 Å². The van der Waals surface area contributed by atoms with Crippen LogP contribution in [-0.2, 0) is 13.1 Å². The molecule has 1 heterocycles. The van der Waals surface area contributed by atoms with Crippen molar-refractivity contribution >= 4 is 11.7 Å². The number of benzene rings is 1. The molecule has 2 N–H and O–H groups in total. The van der Waals surface area contributed by atoms with Gasteiger partial charge in [0.1, 0.15) is 0 Å². The van der Waals surface area contributed by atoms with Gasteiger partial charge in [-0.3, -0.25) is 4.68 Å². The number of carboxylic acid groups (broad SMARTS) is 1. The van der Waals surface area contributed by atoms with Crippen LogP contribution < -0.4 is 5.32 Å². The molecule has 0 aliphatic carbocycles. The first-order valence-electron chi connectivity index (χ1n) is 6.21. The lowest BCUT2D eigenvalue weighted by molar-refractivity contribution is 0.0698. The Morgan fingerprint density at radius 1 is 1.42 bits per heavy atom. The van der Waals surface area contributed by atoms with Gasteiger partial charge in [-0.25, -0.2) is 4.79 Å². The van der Waals surface area contributed by atoms with E-state index >= 15 is 0 Å². The van der Waals surface area contributed by atoms with Crippen molar-refractivity contribution in [3.63, 3.8) is 0 Å². The zero-order chi connectivity index (χ0) is 13.8. The van der Waals surface area contributed by atoms with Gasteiger partial charge in [0.25, 0.3) is 0 Å². The summed E-state index contributed by atoms with van der Waals surface area (Å²) in [6, 6.07) is 6.89. The highest BCUT2D eigenvalue weighted by molar-refractivity contribution is 5.94. The number of rotatable bonds is 5. The van der Waals surface area contributed by atoms with E-state index in [0.717, 1.165) is 17.8 Å². The molecular weight excluding hydrogens is 242 g/mol. The molecule has 19 heavy (non-hydrogen) atoms. The van der Waals surface area contributed by atoms with Gasteiger partial charge in [0.05, 0.1) is 11.3 Å². The van der Waals surface area contributed by atoms with Crippen LogP contribution in [0, 0.1) is 6.92 Å². The van der Waals surface area contributed by atoms with Crippen molar-refractivity contribution in [2.24, 2.45) is 0 Å². The maximum Gasteiger partial charge on any atom is 0.337 e. The number of carbonyl (C=O) groups is 1. The quantitative estimate of drug-likeness (QED) is 0.865. The minimum atomic E-state index is -0.927. The molecule has 5 heteroatoms. The Bertz CT molecular complexity index is 590. The Morgan fingerprint density at radius 3 is 2.79 bits per heavy atom. The molecule has 0 radical (unpaired) electrons. The minimum Gasteiger partial charge on any atom is -0.478 e. The van der Waals surface area contributed by atoms with Crippen molar-refractivity contribution < 1.29 is 9.90 Å². The first-order valence-corrected chi connectivity index (χ1v) is 6.21. The van der Waals surface area contributed by atoms with E-state index < -0.39 is 5.97 Å². The highest BCUT2D eigenvalue weighted by Gasteiger charge is 2.09. The number of aromatic carboxylic acids is 1. The van der Waals surface area contributed by atoms with Gasteiger partial charge in [0.15, 0.2) is 0 Å². The molecule has 1 aromatic carbocycles. The van der Waals surface area contributed by atoms with E-state index in [0.29, 0.717) is 12.2 Å². The van der Waals surface area contributed by atoms with Gasteiger partial charge in [-0.2, -0.15) is 5.10 Å². The number of anilines is 1. The molecule has 0 amide bonds. The third kappa shape index (κ3) is 2.93. The molecule has 5 nitrogen and oxygen atoms in total. The number of nitrogens with one attached hydrogen (secondary N) is 1. The average Bonchev–Trinajstić information content (AvgIpc) is 2.77. The maximum atomic E-state index is 11.1. The average molecular weight is 259 g/mol. The lowest BCUT2D eigenvalue weighted by Gasteiger charge is -2.08. The third-order valence-electron chi connectivity index (χ3n) is 3.00. The lowest BCUT2D eigenvalue weighted by Crippen LogP contribution is -2.06. The summed E-state index contributed by atoms with van der Waals surface area (Å²) in [6.45, 7) is 5.37. The Labute approximate surface area is 111 Å². The van der Waals surface area contributed by atoms with Crippen molar-refractivity contribution in [2.45, 2.75) is 26.9 Å². The molecule has 0 atom stereocenters. The fourth-order valence-corrected chi connectivity index (χ4v) is 1.91. The third-order valence-corrected chi connectivity index (χ3v) is 3.00. The van der Waals surface area contributed by atoms with Crippen LogP contribution in [0.3, 0.4) is 0 Å². The summed E-state index contributed by atoms with van der Waals surface area (Å²) in [5.74, 6) is -0.927. The number of nitrogens with zero attached hydrogens (tertiary/aromatic N) is 2. The second kappa shape index (κ2) is 5.56. The van der Waals surface area contributed by atoms with E-state index in [2.05, 4.69) is 10.4 Å².